The highest BCUT2D eigenvalue weighted by Gasteiger charge is 2.47. The molecule has 212 valence electrons. The number of aromatic nitrogens is 3. The van der Waals surface area contributed by atoms with Gasteiger partial charge in [0.1, 0.15) is 17.2 Å². The van der Waals surface area contributed by atoms with Crippen molar-refractivity contribution in [2.75, 3.05) is 0 Å². The molecule has 0 spiro atoms. The molecule has 4 aromatic rings. The Morgan fingerprint density at radius 3 is 2.51 bits per heavy atom. The van der Waals surface area contributed by atoms with Crippen molar-refractivity contribution >= 4 is 16.9 Å². The van der Waals surface area contributed by atoms with E-state index in [1.54, 1.807) is 54.9 Å². The Balaban J connectivity index is 1.39. The third-order valence-corrected chi connectivity index (χ3v) is 8.80. The Morgan fingerprint density at radius 1 is 1.05 bits per heavy atom. The van der Waals surface area contributed by atoms with Gasteiger partial charge in [0.15, 0.2) is 0 Å². The average molecular weight is 558 g/mol. The summed E-state index contributed by atoms with van der Waals surface area (Å²) in [5.74, 6) is -0.860. The van der Waals surface area contributed by atoms with Crippen LogP contribution in [0.25, 0.3) is 33.3 Å². The predicted octanol–water partition coefficient (Wildman–Crippen LogP) is 5.40. The van der Waals surface area contributed by atoms with Gasteiger partial charge in [0.05, 0.1) is 17.7 Å². The molecule has 2 bridgehead atoms. The van der Waals surface area contributed by atoms with Crippen molar-refractivity contribution < 1.29 is 18.7 Å². The van der Waals surface area contributed by atoms with E-state index in [2.05, 4.69) is 10.3 Å². The number of amides is 1. The van der Waals surface area contributed by atoms with Crippen LogP contribution in [0.15, 0.2) is 48.5 Å². The molecule has 3 atom stereocenters. The minimum atomic E-state index is -1.05. The van der Waals surface area contributed by atoms with E-state index in [1.807, 2.05) is 4.90 Å². The van der Waals surface area contributed by atoms with Gasteiger partial charge in [-0.05, 0) is 98.9 Å². The van der Waals surface area contributed by atoms with Gasteiger partial charge < -0.3 is 15.7 Å². The van der Waals surface area contributed by atoms with Crippen LogP contribution in [-0.4, -0.2) is 54.6 Å². The molecule has 1 aromatic heterocycles. The predicted molar refractivity (Wildman–Crippen MR) is 152 cm³/mol. The molecular weight excluding hydrogens is 524 g/mol. The van der Waals surface area contributed by atoms with Crippen LogP contribution in [0.4, 0.5) is 8.78 Å². The molecule has 3 aromatic carbocycles. The van der Waals surface area contributed by atoms with Gasteiger partial charge in [0, 0.05) is 34.8 Å². The zero-order chi connectivity index (χ0) is 28.6. The van der Waals surface area contributed by atoms with E-state index in [-0.39, 0.29) is 42.3 Å². The largest absolute Gasteiger partial charge is 0.389 e. The molecule has 1 amide bonds. The number of halogens is 2. The first-order chi connectivity index (χ1) is 19.6. The number of fused-ring (bicyclic) bond motifs is 3. The molecule has 2 aliphatic heterocycles. The lowest BCUT2D eigenvalue weighted by Gasteiger charge is -2.24. The summed E-state index contributed by atoms with van der Waals surface area (Å²) in [7, 11) is 0. The second kappa shape index (κ2) is 9.42. The van der Waals surface area contributed by atoms with Crippen LogP contribution in [0.2, 0.25) is 0 Å². The van der Waals surface area contributed by atoms with Crippen molar-refractivity contribution in [1.82, 2.24) is 19.9 Å². The first-order valence-electron chi connectivity index (χ1n) is 14.4. The Labute approximate surface area is 237 Å². The van der Waals surface area contributed by atoms with Crippen LogP contribution in [0, 0.1) is 11.6 Å². The van der Waals surface area contributed by atoms with E-state index < -0.39 is 11.4 Å². The van der Waals surface area contributed by atoms with E-state index in [0.29, 0.717) is 44.4 Å². The molecular formula is C32H33F2N5O2. The highest BCUT2D eigenvalue weighted by Crippen LogP contribution is 2.48. The van der Waals surface area contributed by atoms with Crippen LogP contribution < -0.4 is 5.73 Å². The zero-order valence-electron chi connectivity index (χ0n) is 23.1. The number of benzene rings is 3. The van der Waals surface area contributed by atoms with Gasteiger partial charge in [-0.1, -0.05) is 23.4 Å². The molecule has 0 radical (unpaired) electrons. The van der Waals surface area contributed by atoms with Crippen LogP contribution >= 0.6 is 0 Å². The smallest absolute Gasteiger partial charge is 0.254 e. The molecule has 2 saturated heterocycles. The second-order valence-corrected chi connectivity index (χ2v) is 12.5. The first kappa shape index (κ1) is 26.2. The summed E-state index contributed by atoms with van der Waals surface area (Å²) in [4.78, 5) is 15.7. The lowest BCUT2D eigenvalue weighted by atomic mass is 9.90. The number of aliphatic hydroxyl groups is 1. The summed E-state index contributed by atoms with van der Waals surface area (Å²) < 4.78 is 32.6. The Bertz CT molecular complexity index is 1690. The number of carbonyl (C=O) groups excluding carboxylic acids is 1. The average Bonchev–Trinajstić information content (AvgIpc) is 3.46. The van der Waals surface area contributed by atoms with Gasteiger partial charge in [-0.3, -0.25) is 4.79 Å². The quantitative estimate of drug-likeness (QED) is 0.331. The zero-order valence-corrected chi connectivity index (χ0v) is 23.1. The highest BCUT2D eigenvalue weighted by molar-refractivity contribution is 5.99. The van der Waals surface area contributed by atoms with Crippen molar-refractivity contribution in [3.05, 3.63) is 71.3 Å². The van der Waals surface area contributed by atoms with Gasteiger partial charge in [-0.15, -0.1) is 5.10 Å². The number of carbonyl (C=O) groups is 1. The van der Waals surface area contributed by atoms with Crippen molar-refractivity contribution in [2.24, 2.45) is 5.73 Å². The fraction of sp³-hybridized carbons (Fsp3) is 0.406. The van der Waals surface area contributed by atoms with Crippen molar-refractivity contribution in [3.63, 3.8) is 0 Å². The van der Waals surface area contributed by atoms with Crippen LogP contribution in [-0.2, 0) is 6.54 Å². The summed E-state index contributed by atoms with van der Waals surface area (Å²) in [5, 5.41) is 19.0. The Kier molecular flexibility index (Phi) is 6.03. The highest BCUT2D eigenvalue weighted by atomic mass is 19.1. The molecule has 1 saturated carbocycles. The summed E-state index contributed by atoms with van der Waals surface area (Å²) >= 11 is 0. The maximum atomic E-state index is 16.6. The van der Waals surface area contributed by atoms with E-state index in [9.17, 15) is 14.3 Å². The molecule has 7 nitrogen and oxygen atoms in total. The summed E-state index contributed by atoms with van der Waals surface area (Å²) in [6.45, 7) is 3.53. The molecule has 41 heavy (non-hydrogen) atoms. The maximum Gasteiger partial charge on any atom is 0.254 e. The van der Waals surface area contributed by atoms with Gasteiger partial charge in [-0.2, -0.15) is 0 Å². The van der Waals surface area contributed by atoms with Crippen LogP contribution in [0.1, 0.15) is 67.8 Å². The topological polar surface area (TPSA) is 97.3 Å². The van der Waals surface area contributed by atoms with Gasteiger partial charge in [0.2, 0.25) is 0 Å². The van der Waals surface area contributed by atoms with Gasteiger partial charge in [-0.25, -0.2) is 13.5 Å². The fourth-order valence-electron chi connectivity index (χ4n) is 6.88. The number of hydrogen-bond acceptors (Lipinski definition) is 5. The molecule has 3 fully saturated rings. The van der Waals surface area contributed by atoms with Crippen LogP contribution in [0.3, 0.4) is 0 Å². The maximum absolute atomic E-state index is 16.6. The molecule has 3 aliphatic rings. The lowest BCUT2D eigenvalue weighted by Crippen LogP contribution is -2.40. The second-order valence-electron chi connectivity index (χ2n) is 12.5. The molecule has 3 N–H and O–H groups in total. The molecule has 7 rings (SSSR count). The third kappa shape index (κ3) is 4.51. The summed E-state index contributed by atoms with van der Waals surface area (Å²) in [6, 6.07) is 13.2. The number of nitrogens with two attached hydrogens (primary N) is 1. The standard InChI is InChI=1S/C32H33F2N5O2/c1-32(2,41)16-38-30-26(36-37-38)15-24(29(34)28(30)17-6-7-17)22-10-8-19(13-23(22)18-4-3-5-20(33)12-18)31(40)39-21-9-11-27(39)25(35)14-21/h3-5,8,10,12-13,15,17,21,25,27,41H,6-7,9,11,14,16,35H2,1-2H3/t21-,25+,27+/m0/s1. The van der Waals surface area contributed by atoms with Crippen molar-refractivity contribution in [1.29, 1.82) is 0 Å². The van der Waals surface area contributed by atoms with E-state index in [0.717, 1.165) is 32.1 Å². The van der Waals surface area contributed by atoms with E-state index in [4.69, 9.17) is 5.73 Å². The molecule has 9 heteroatoms. The first-order valence-corrected chi connectivity index (χ1v) is 14.4. The van der Waals surface area contributed by atoms with E-state index >= 15 is 4.39 Å². The SMILES string of the molecule is CC(C)(O)Cn1nnc2cc(-c3ccc(C(=O)N4[C@H]5CC[C@@H]4[C@H](N)C5)cc3-c3cccc(F)c3)c(F)c(C3CC3)c21. The van der Waals surface area contributed by atoms with Crippen LogP contribution in [0.5, 0.6) is 0 Å². The lowest BCUT2D eigenvalue weighted by molar-refractivity contribution is 0.0584. The summed E-state index contributed by atoms with van der Waals surface area (Å²) in [6.07, 6.45) is 4.36. The van der Waals surface area contributed by atoms with Gasteiger partial charge >= 0.3 is 0 Å². The van der Waals surface area contributed by atoms with Crippen molar-refractivity contribution in [2.45, 2.75) is 82.1 Å². The molecule has 3 heterocycles. The number of rotatable bonds is 6. The molecule has 0 unspecified atom stereocenters. The summed E-state index contributed by atoms with van der Waals surface area (Å²) in [5.41, 5.74) is 9.37. The Hall–Kier alpha value is -3.69. The normalized spacial score (nSPS) is 22.2. The fourth-order valence-corrected chi connectivity index (χ4v) is 6.88. The minimum absolute atomic E-state index is 0.0221. The Morgan fingerprint density at radius 2 is 1.85 bits per heavy atom. The molecule has 1 aliphatic carbocycles. The minimum Gasteiger partial charge on any atom is -0.389 e. The van der Waals surface area contributed by atoms with Crippen molar-refractivity contribution in [3.8, 4) is 22.3 Å². The number of nitrogens with zero attached hydrogens (tertiary/aromatic N) is 4. The monoisotopic (exact) mass is 557 g/mol. The van der Waals surface area contributed by atoms with Gasteiger partial charge in [0.25, 0.3) is 5.91 Å². The third-order valence-electron chi connectivity index (χ3n) is 8.80. The van der Waals surface area contributed by atoms with E-state index in [1.165, 1.54) is 12.1 Å². The number of hydrogen-bond donors (Lipinski definition) is 2.